The van der Waals surface area contributed by atoms with Gasteiger partial charge >= 0.3 is 0 Å². The lowest BCUT2D eigenvalue weighted by molar-refractivity contribution is -0.128. The fourth-order valence-electron chi connectivity index (χ4n) is 5.56. The van der Waals surface area contributed by atoms with Crippen molar-refractivity contribution in [3.05, 3.63) is 78.3 Å². The molecule has 0 spiro atoms. The summed E-state index contributed by atoms with van der Waals surface area (Å²) in [5.41, 5.74) is 8.40. The molecule has 7 heteroatoms. The van der Waals surface area contributed by atoms with Crippen LogP contribution in [0.25, 0.3) is 11.3 Å². The van der Waals surface area contributed by atoms with Gasteiger partial charge in [-0.1, -0.05) is 24.8 Å². The maximum Gasteiger partial charge on any atom is 0.267 e. The van der Waals surface area contributed by atoms with Gasteiger partial charge in [0.15, 0.2) is 0 Å². The summed E-state index contributed by atoms with van der Waals surface area (Å²) in [6, 6.07) is 17.2. The zero-order valence-electron chi connectivity index (χ0n) is 20.7. The Balaban J connectivity index is 1.40. The van der Waals surface area contributed by atoms with E-state index in [2.05, 4.69) is 6.58 Å². The minimum Gasteiger partial charge on any atom is -0.457 e. The molecule has 1 saturated heterocycles. The van der Waals surface area contributed by atoms with E-state index in [9.17, 15) is 9.59 Å². The average Bonchev–Trinajstić information content (AvgIpc) is 3.29. The zero-order valence-corrected chi connectivity index (χ0v) is 20.7. The fraction of sp³-hybridized carbons (Fsp3) is 0.345. The molecule has 1 aromatic heterocycles. The molecular weight excluding hydrogens is 452 g/mol. The van der Waals surface area contributed by atoms with Crippen molar-refractivity contribution in [2.24, 2.45) is 11.7 Å². The highest BCUT2D eigenvalue weighted by Gasteiger charge is 2.36. The Labute approximate surface area is 211 Å². The Morgan fingerprint density at radius 2 is 1.64 bits per heavy atom. The van der Waals surface area contributed by atoms with Crippen LogP contribution in [0.3, 0.4) is 0 Å². The number of hydrogen-bond donors (Lipinski definition) is 1. The summed E-state index contributed by atoms with van der Waals surface area (Å²) >= 11 is 0. The van der Waals surface area contributed by atoms with Gasteiger partial charge in [0.1, 0.15) is 28.7 Å². The van der Waals surface area contributed by atoms with Crippen LogP contribution in [0.4, 0.5) is 0 Å². The second-order valence-electron chi connectivity index (χ2n) is 9.78. The molecule has 3 aromatic rings. The van der Waals surface area contributed by atoms with E-state index in [0.717, 1.165) is 62.5 Å². The first kappa shape index (κ1) is 23.9. The topological polar surface area (TPSA) is 90.4 Å². The van der Waals surface area contributed by atoms with Gasteiger partial charge < -0.3 is 19.9 Å². The number of rotatable bonds is 6. The van der Waals surface area contributed by atoms with Gasteiger partial charge in [0.05, 0.1) is 0 Å². The van der Waals surface area contributed by atoms with E-state index in [4.69, 9.17) is 15.5 Å². The van der Waals surface area contributed by atoms with Gasteiger partial charge in [-0.05, 0) is 74.9 Å². The summed E-state index contributed by atoms with van der Waals surface area (Å²) in [6.45, 7) is 7.75. The van der Waals surface area contributed by atoms with Gasteiger partial charge in [0.2, 0.25) is 5.91 Å². The third-order valence-corrected chi connectivity index (χ3v) is 7.33. The molecule has 0 radical (unpaired) electrons. The predicted octanol–water partition coefficient (Wildman–Crippen LogP) is 5.13. The number of nitrogens with zero attached hydrogens (tertiary/aromatic N) is 3. The maximum absolute atomic E-state index is 12.6. The first-order valence-corrected chi connectivity index (χ1v) is 12.6. The number of ether oxygens (including phenoxy) is 1. The summed E-state index contributed by atoms with van der Waals surface area (Å²) in [5.74, 6) is 2.65. The van der Waals surface area contributed by atoms with Crippen LogP contribution in [-0.4, -0.2) is 39.4 Å². The van der Waals surface area contributed by atoms with Crippen LogP contribution in [0, 0.1) is 5.92 Å². The minimum absolute atomic E-state index is 0.0385. The summed E-state index contributed by atoms with van der Waals surface area (Å²) in [7, 11) is 0. The number of likely N-dealkylation sites (tertiary alicyclic amines) is 1. The van der Waals surface area contributed by atoms with Crippen LogP contribution < -0.4 is 10.5 Å². The Morgan fingerprint density at radius 1 is 0.972 bits per heavy atom. The first-order chi connectivity index (χ1) is 17.4. The molecular formula is C29H32N4O3. The Kier molecular flexibility index (Phi) is 6.63. The van der Waals surface area contributed by atoms with Crippen LogP contribution in [-0.2, 0) is 11.3 Å². The van der Waals surface area contributed by atoms with Crippen LogP contribution in [0.2, 0.25) is 0 Å². The van der Waals surface area contributed by atoms with Crippen LogP contribution in [0.5, 0.6) is 11.5 Å². The smallest absolute Gasteiger partial charge is 0.267 e. The number of carbonyl (C=O) groups excluding carboxylic acids is 2. The molecule has 186 valence electrons. The summed E-state index contributed by atoms with van der Waals surface area (Å²) in [5, 5.41) is 0. The number of piperidine rings is 1. The Hall–Kier alpha value is -3.87. The Morgan fingerprint density at radius 3 is 2.28 bits per heavy atom. The number of amides is 2. The van der Waals surface area contributed by atoms with E-state index in [0.29, 0.717) is 28.6 Å². The van der Waals surface area contributed by atoms with Crippen LogP contribution in [0.1, 0.15) is 54.8 Å². The molecule has 0 aliphatic carbocycles. The normalized spacial score (nSPS) is 17.9. The zero-order chi connectivity index (χ0) is 25.2. The molecule has 2 aliphatic heterocycles. The number of primary amides is 1. The quantitative estimate of drug-likeness (QED) is 0.491. The lowest BCUT2D eigenvalue weighted by Gasteiger charge is -2.37. The van der Waals surface area contributed by atoms with Crippen LogP contribution >= 0.6 is 0 Å². The van der Waals surface area contributed by atoms with E-state index >= 15 is 0 Å². The van der Waals surface area contributed by atoms with E-state index in [1.807, 2.05) is 64.1 Å². The van der Waals surface area contributed by atoms with Crippen molar-refractivity contribution in [2.75, 3.05) is 13.1 Å². The van der Waals surface area contributed by atoms with Crippen molar-refractivity contribution >= 4 is 11.8 Å². The van der Waals surface area contributed by atoms with Crippen molar-refractivity contribution in [1.82, 2.24) is 14.5 Å². The van der Waals surface area contributed by atoms with Gasteiger partial charge in [-0.3, -0.25) is 9.59 Å². The molecule has 2 aromatic carbocycles. The molecule has 2 N–H and O–H groups in total. The highest BCUT2D eigenvalue weighted by atomic mass is 16.5. The average molecular weight is 485 g/mol. The third-order valence-electron chi connectivity index (χ3n) is 7.33. The van der Waals surface area contributed by atoms with Crippen molar-refractivity contribution in [2.45, 2.75) is 45.1 Å². The van der Waals surface area contributed by atoms with Crippen molar-refractivity contribution in [1.29, 1.82) is 0 Å². The summed E-state index contributed by atoms with van der Waals surface area (Å²) in [4.78, 5) is 31.8. The SMILES string of the molecule is C=C(C)C(=O)N1CCC(C2CCCn3c2nc(-c2ccc(Oc4ccccc4)cc2)c3C(N)=O)CC1. The summed E-state index contributed by atoms with van der Waals surface area (Å²) in [6.07, 6.45) is 3.84. The van der Waals surface area contributed by atoms with E-state index in [-0.39, 0.29) is 11.8 Å². The van der Waals surface area contributed by atoms with Gasteiger partial charge in [-0.15, -0.1) is 0 Å². The molecule has 0 saturated carbocycles. The van der Waals surface area contributed by atoms with E-state index < -0.39 is 5.91 Å². The molecule has 36 heavy (non-hydrogen) atoms. The second-order valence-corrected chi connectivity index (χ2v) is 9.78. The molecule has 1 atom stereocenters. The molecule has 1 unspecified atom stereocenters. The van der Waals surface area contributed by atoms with Crippen molar-refractivity contribution in [3.8, 4) is 22.8 Å². The largest absolute Gasteiger partial charge is 0.457 e. The highest BCUT2D eigenvalue weighted by molar-refractivity contribution is 5.97. The predicted molar refractivity (Wildman–Crippen MR) is 139 cm³/mol. The van der Waals surface area contributed by atoms with E-state index in [1.165, 1.54) is 0 Å². The number of aromatic nitrogens is 2. The lowest BCUT2D eigenvalue weighted by Crippen LogP contribution is -2.40. The van der Waals surface area contributed by atoms with Crippen molar-refractivity contribution in [3.63, 3.8) is 0 Å². The number of para-hydroxylation sites is 1. The molecule has 7 nitrogen and oxygen atoms in total. The minimum atomic E-state index is -0.462. The first-order valence-electron chi connectivity index (χ1n) is 12.6. The molecule has 2 aliphatic rings. The Bertz CT molecular complexity index is 1270. The number of hydrogen-bond acceptors (Lipinski definition) is 4. The lowest BCUT2D eigenvalue weighted by atomic mass is 9.79. The monoisotopic (exact) mass is 484 g/mol. The molecule has 5 rings (SSSR count). The third kappa shape index (κ3) is 4.65. The summed E-state index contributed by atoms with van der Waals surface area (Å²) < 4.78 is 7.95. The van der Waals surface area contributed by atoms with Crippen molar-refractivity contribution < 1.29 is 14.3 Å². The van der Waals surface area contributed by atoms with E-state index in [1.54, 1.807) is 6.92 Å². The fourth-order valence-corrected chi connectivity index (χ4v) is 5.56. The standard InChI is InChI=1S/C29H32N4O3/c1-19(2)29(35)32-17-14-20(15-18-32)24-9-6-16-33-26(27(30)34)25(31-28(24)33)21-10-12-23(13-11-21)36-22-7-4-3-5-8-22/h3-5,7-8,10-13,20,24H,1,6,9,14-18H2,2H3,(H2,30,34). The number of imidazole rings is 1. The number of carbonyl (C=O) groups is 2. The number of fused-ring (bicyclic) bond motifs is 1. The number of benzene rings is 2. The number of nitrogens with two attached hydrogens (primary N) is 1. The second kappa shape index (κ2) is 10.0. The molecule has 0 bridgehead atoms. The van der Waals surface area contributed by atoms with Crippen LogP contribution in [0.15, 0.2) is 66.7 Å². The maximum atomic E-state index is 12.6. The highest BCUT2D eigenvalue weighted by Crippen LogP contribution is 2.41. The van der Waals surface area contributed by atoms with Gasteiger partial charge in [-0.2, -0.15) is 0 Å². The van der Waals surface area contributed by atoms with Gasteiger partial charge in [0, 0.05) is 36.7 Å². The van der Waals surface area contributed by atoms with Gasteiger partial charge in [-0.25, -0.2) is 4.98 Å². The molecule has 3 heterocycles. The molecule has 1 fully saturated rings. The van der Waals surface area contributed by atoms with Gasteiger partial charge in [0.25, 0.3) is 5.91 Å². The molecule has 2 amide bonds.